The Morgan fingerprint density at radius 2 is 2.05 bits per heavy atom. The quantitative estimate of drug-likeness (QED) is 0.885. The molecule has 1 fully saturated rings. The fourth-order valence-corrected chi connectivity index (χ4v) is 2.20. The molecule has 19 heavy (non-hydrogen) atoms. The van der Waals surface area contributed by atoms with E-state index in [-0.39, 0.29) is 5.56 Å². The van der Waals surface area contributed by atoms with E-state index in [1.807, 2.05) is 0 Å². The number of hydrogen-bond donors (Lipinski definition) is 1. The van der Waals surface area contributed by atoms with E-state index in [4.69, 9.17) is 0 Å². The predicted octanol–water partition coefficient (Wildman–Crippen LogP) is 4.00. The third-order valence-electron chi connectivity index (χ3n) is 3.07. The second-order valence-electron chi connectivity index (χ2n) is 4.68. The normalized spacial score (nSPS) is 15.4. The van der Waals surface area contributed by atoms with Crippen LogP contribution in [0.15, 0.2) is 22.7 Å². The summed E-state index contributed by atoms with van der Waals surface area (Å²) in [5.74, 6) is -0.0345. The highest BCUT2D eigenvalue weighted by Crippen LogP contribution is 2.34. The number of amides is 1. The van der Waals surface area contributed by atoms with Crippen LogP contribution in [0, 0.1) is 5.92 Å². The Morgan fingerprint density at radius 3 is 2.63 bits per heavy atom. The summed E-state index contributed by atoms with van der Waals surface area (Å²) in [7, 11) is 0. The summed E-state index contributed by atoms with van der Waals surface area (Å²) in [6.45, 7) is 0.427. The zero-order valence-electron chi connectivity index (χ0n) is 10.1. The topological polar surface area (TPSA) is 29.1 Å². The SMILES string of the molecule is O=C(NCCC1CC1)c1ccc(Br)cc1C(F)(F)F. The molecule has 1 aromatic rings. The van der Waals surface area contributed by atoms with Crippen molar-refractivity contribution in [1.82, 2.24) is 5.32 Å². The van der Waals surface area contributed by atoms with Crippen LogP contribution in [0.1, 0.15) is 35.2 Å². The van der Waals surface area contributed by atoms with Gasteiger partial charge < -0.3 is 5.32 Å². The van der Waals surface area contributed by atoms with Gasteiger partial charge in [0.05, 0.1) is 11.1 Å². The Labute approximate surface area is 117 Å². The summed E-state index contributed by atoms with van der Waals surface area (Å²) in [4.78, 5) is 11.8. The molecular weight excluding hydrogens is 323 g/mol. The van der Waals surface area contributed by atoms with E-state index in [0.29, 0.717) is 16.9 Å². The number of carbonyl (C=O) groups is 1. The maximum Gasteiger partial charge on any atom is 0.417 e. The van der Waals surface area contributed by atoms with E-state index in [2.05, 4.69) is 21.2 Å². The van der Waals surface area contributed by atoms with Gasteiger partial charge in [-0.2, -0.15) is 13.2 Å². The molecular formula is C13H13BrF3NO. The lowest BCUT2D eigenvalue weighted by atomic mass is 10.1. The molecule has 1 aliphatic carbocycles. The number of nitrogens with one attached hydrogen (secondary N) is 1. The van der Waals surface area contributed by atoms with Crippen molar-refractivity contribution in [3.8, 4) is 0 Å². The molecule has 6 heteroatoms. The fourth-order valence-electron chi connectivity index (χ4n) is 1.84. The molecule has 0 saturated heterocycles. The summed E-state index contributed by atoms with van der Waals surface area (Å²) in [6, 6.07) is 3.56. The van der Waals surface area contributed by atoms with Gasteiger partial charge in [-0.3, -0.25) is 4.79 Å². The second-order valence-corrected chi connectivity index (χ2v) is 5.59. The summed E-state index contributed by atoms with van der Waals surface area (Å²) in [5.41, 5.74) is -1.24. The van der Waals surface area contributed by atoms with E-state index in [9.17, 15) is 18.0 Å². The molecule has 0 aromatic heterocycles. The van der Waals surface area contributed by atoms with Crippen molar-refractivity contribution in [2.45, 2.75) is 25.4 Å². The first kappa shape index (κ1) is 14.4. The molecule has 1 amide bonds. The fraction of sp³-hybridized carbons (Fsp3) is 0.462. The van der Waals surface area contributed by atoms with Crippen LogP contribution in [0.5, 0.6) is 0 Å². The van der Waals surface area contributed by atoms with Gasteiger partial charge in [-0.1, -0.05) is 28.8 Å². The lowest BCUT2D eigenvalue weighted by molar-refractivity contribution is -0.138. The van der Waals surface area contributed by atoms with Gasteiger partial charge in [0, 0.05) is 11.0 Å². The molecule has 0 atom stereocenters. The highest BCUT2D eigenvalue weighted by atomic mass is 79.9. The molecule has 1 saturated carbocycles. The van der Waals surface area contributed by atoms with Crippen LogP contribution in [0.4, 0.5) is 13.2 Å². The lowest BCUT2D eigenvalue weighted by Gasteiger charge is -2.13. The molecule has 0 radical (unpaired) electrons. The van der Waals surface area contributed by atoms with Gasteiger partial charge in [-0.25, -0.2) is 0 Å². The van der Waals surface area contributed by atoms with E-state index in [1.54, 1.807) is 0 Å². The molecule has 1 aromatic carbocycles. The molecule has 0 unspecified atom stereocenters. The first-order valence-electron chi connectivity index (χ1n) is 6.03. The third-order valence-corrected chi connectivity index (χ3v) is 3.56. The largest absolute Gasteiger partial charge is 0.417 e. The van der Waals surface area contributed by atoms with E-state index in [0.717, 1.165) is 25.3 Å². The third kappa shape index (κ3) is 3.96. The molecule has 0 spiro atoms. The minimum absolute atomic E-state index is 0.300. The smallest absolute Gasteiger partial charge is 0.352 e. The molecule has 0 bridgehead atoms. The standard InChI is InChI=1S/C13H13BrF3NO/c14-9-3-4-10(11(7-9)13(15,16)17)12(19)18-6-5-8-1-2-8/h3-4,7-8H,1-2,5-6H2,(H,18,19). The molecule has 1 N–H and O–H groups in total. The van der Waals surface area contributed by atoms with Crippen LogP contribution in [-0.2, 0) is 6.18 Å². The van der Waals surface area contributed by atoms with Crippen LogP contribution in [0.2, 0.25) is 0 Å². The van der Waals surface area contributed by atoms with Gasteiger partial charge in [0.2, 0.25) is 0 Å². The van der Waals surface area contributed by atoms with Crippen molar-refractivity contribution < 1.29 is 18.0 Å². The Balaban J connectivity index is 2.10. The van der Waals surface area contributed by atoms with Crippen molar-refractivity contribution >= 4 is 21.8 Å². The van der Waals surface area contributed by atoms with Crippen molar-refractivity contribution in [3.63, 3.8) is 0 Å². The number of carbonyl (C=O) groups excluding carboxylic acids is 1. The summed E-state index contributed by atoms with van der Waals surface area (Å²) < 4.78 is 38.8. The van der Waals surface area contributed by atoms with Crippen LogP contribution >= 0.6 is 15.9 Å². The number of benzene rings is 1. The van der Waals surface area contributed by atoms with Gasteiger partial charge >= 0.3 is 6.18 Å². The Kier molecular flexibility index (Phi) is 4.18. The molecule has 1 aliphatic rings. The zero-order valence-corrected chi connectivity index (χ0v) is 11.6. The number of alkyl halides is 3. The second kappa shape index (κ2) is 5.53. The first-order chi connectivity index (χ1) is 8.88. The monoisotopic (exact) mass is 335 g/mol. The average molecular weight is 336 g/mol. The zero-order chi connectivity index (χ0) is 14.0. The van der Waals surface area contributed by atoms with Crippen LogP contribution in [0.3, 0.4) is 0 Å². The van der Waals surface area contributed by atoms with Crippen molar-refractivity contribution in [2.24, 2.45) is 5.92 Å². The van der Waals surface area contributed by atoms with Crippen LogP contribution in [0.25, 0.3) is 0 Å². The van der Waals surface area contributed by atoms with Gasteiger partial charge in [0.1, 0.15) is 0 Å². The predicted molar refractivity (Wildman–Crippen MR) is 68.8 cm³/mol. The lowest BCUT2D eigenvalue weighted by Crippen LogP contribution is -2.27. The maximum absolute atomic E-state index is 12.8. The number of hydrogen-bond acceptors (Lipinski definition) is 1. The van der Waals surface area contributed by atoms with Gasteiger partial charge in [0.25, 0.3) is 5.91 Å². The molecule has 104 valence electrons. The van der Waals surface area contributed by atoms with E-state index >= 15 is 0 Å². The molecule has 0 aliphatic heterocycles. The van der Waals surface area contributed by atoms with Crippen molar-refractivity contribution in [2.75, 3.05) is 6.54 Å². The Bertz CT molecular complexity index is 483. The Morgan fingerprint density at radius 1 is 1.37 bits per heavy atom. The maximum atomic E-state index is 12.8. The summed E-state index contributed by atoms with van der Waals surface area (Å²) in [5, 5.41) is 2.55. The molecule has 2 nitrogen and oxygen atoms in total. The Hall–Kier alpha value is -1.04. The summed E-state index contributed by atoms with van der Waals surface area (Å²) >= 11 is 2.99. The van der Waals surface area contributed by atoms with Crippen LogP contribution < -0.4 is 5.32 Å². The molecule has 2 rings (SSSR count). The number of halogens is 4. The van der Waals surface area contributed by atoms with Crippen LogP contribution in [-0.4, -0.2) is 12.5 Å². The van der Waals surface area contributed by atoms with E-state index < -0.39 is 17.6 Å². The first-order valence-corrected chi connectivity index (χ1v) is 6.82. The van der Waals surface area contributed by atoms with Gasteiger partial charge in [-0.15, -0.1) is 0 Å². The van der Waals surface area contributed by atoms with E-state index in [1.165, 1.54) is 12.1 Å². The highest BCUT2D eigenvalue weighted by molar-refractivity contribution is 9.10. The number of rotatable bonds is 4. The van der Waals surface area contributed by atoms with Gasteiger partial charge in [0.15, 0.2) is 0 Å². The minimum atomic E-state index is -4.53. The van der Waals surface area contributed by atoms with Crippen molar-refractivity contribution in [1.29, 1.82) is 0 Å². The van der Waals surface area contributed by atoms with Gasteiger partial charge in [-0.05, 0) is 30.5 Å². The average Bonchev–Trinajstić information content (AvgIpc) is 3.11. The highest BCUT2D eigenvalue weighted by Gasteiger charge is 2.35. The minimum Gasteiger partial charge on any atom is -0.352 e. The van der Waals surface area contributed by atoms with Crippen molar-refractivity contribution in [3.05, 3.63) is 33.8 Å². The molecule has 0 heterocycles. The summed E-state index contributed by atoms with van der Waals surface area (Å²) in [6.07, 6.45) is -1.39.